The smallest absolute Gasteiger partial charge is 0.416 e. The number of alkyl halides is 3. The number of esters is 1. The lowest BCUT2D eigenvalue weighted by molar-refractivity contribution is -0.154. The standard InChI is InChI=1S/C26H38F3NO4/c1-16(2)14-21-17(3)33-23(31)22(30-24(32)34-25(4,5)6)9-7-8-19(21)15-18-10-12-20(13-11-18)26(27,28)29/h10-13,16-17,19,21-22H,7-9,14-15H2,1-6H3,(H,30,32)/t17-,19+,21-,22-/m0/s1. The molecule has 1 aliphatic rings. The van der Waals surface area contributed by atoms with Crippen LogP contribution in [-0.2, 0) is 26.9 Å². The van der Waals surface area contributed by atoms with Gasteiger partial charge in [-0.15, -0.1) is 0 Å². The van der Waals surface area contributed by atoms with E-state index in [2.05, 4.69) is 19.2 Å². The average molecular weight is 486 g/mol. The molecule has 0 radical (unpaired) electrons. The van der Waals surface area contributed by atoms with E-state index in [1.807, 2.05) is 6.92 Å². The highest BCUT2D eigenvalue weighted by Gasteiger charge is 2.35. The molecule has 192 valence electrons. The van der Waals surface area contributed by atoms with Crippen LogP contribution in [0.15, 0.2) is 24.3 Å². The highest BCUT2D eigenvalue weighted by molar-refractivity contribution is 5.81. The lowest BCUT2D eigenvalue weighted by Gasteiger charge is -2.32. The zero-order valence-corrected chi connectivity index (χ0v) is 21.0. The number of hydrogen-bond donors (Lipinski definition) is 1. The van der Waals surface area contributed by atoms with E-state index in [1.165, 1.54) is 12.1 Å². The van der Waals surface area contributed by atoms with E-state index in [-0.39, 0.29) is 11.8 Å². The molecule has 0 bridgehead atoms. The summed E-state index contributed by atoms with van der Waals surface area (Å²) < 4.78 is 49.9. The van der Waals surface area contributed by atoms with E-state index in [1.54, 1.807) is 20.8 Å². The van der Waals surface area contributed by atoms with E-state index in [0.29, 0.717) is 25.2 Å². The third kappa shape index (κ3) is 8.84. The van der Waals surface area contributed by atoms with Crippen molar-refractivity contribution in [3.63, 3.8) is 0 Å². The van der Waals surface area contributed by atoms with Crippen molar-refractivity contribution in [2.24, 2.45) is 17.8 Å². The van der Waals surface area contributed by atoms with Crippen LogP contribution in [0.3, 0.4) is 0 Å². The summed E-state index contributed by atoms with van der Waals surface area (Å²) in [6.45, 7) is 11.3. The molecule has 8 heteroatoms. The van der Waals surface area contributed by atoms with Gasteiger partial charge in [0.1, 0.15) is 17.7 Å². The Balaban J connectivity index is 2.19. The Morgan fingerprint density at radius 3 is 2.29 bits per heavy atom. The number of ether oxygens (including phenoxy) is 2. The minimum absolute atomic E-state index is 0.0477. The molecule has 2 rings (SSSR count). The summed E-state index contributed by atoms with van der Waals surface area (Å²) in [4.78, 5) is 25.1. The molecule has 0 spiro atoms. The van der Waals surface area contributed by atoms with Gasteiger partial charge in [-0.2, -0.15) is 13.2 Å². The second-order valence-electron chi connectivity index (χ2n) is 10.7. The van der Waals surface area contributed by atoms with Gasteiger partial charge in [-0.05, 0) is 88.8 Å². The third-order valence-corrected chi connectivity index (χ3v) is 6.08. The molecule has 1 aromatic carbocycles. The summed E-state index contributed by atoms with van der Waals surface area (Å²) in [6.07, 6.45) is -2.16. The van der Waals surface area contributed by atoms with Crippen molar-refractivity contribution in [1.82, 2.24) is 5.32 Å². The van der Waals surface area contributed by atoms with E-state index in [4.69, 9.17) is 9.47 Å². The lowest BCUT2D eigenvalue weighted by atomic mass is 9.76. The van der Waals surface area contributed by atoms with Crippen LogP contribution in [0.2, 0.25) is 0 Å². The Hall–Kier alpha value is -2.25. The van der Waals surface area contributed by atoms with Crippen LogP contribution in [0.4, 0.5) is 18.0 Å². The van der Waals surface area contributed by atoms with Gasteiger partial charge in [0.15, 0.2) is 0 Å². The number of rotatable bonds is 5. The van der Waals surface area contributed by atoms with Gasteiger partial charge in [-0.3, -0.25) is 0 Å². The summed E-state index contributed by atoms with van der Waals surface area (Å²) in [5.74, 6) is 0.0497. The largest absolute Gasteiger partial charge is 0.461 e. The summed E-state index contributed by atoms with van der Waals surface area (Å²) in [7, 11) is 0. The first-order chi connectivity index (χ1) is 15.7. The van der Waals surface area contributed by atoms with Gasteiger partial charge in [-0.1, -0.05) is 32.4 Å². The van der Waals surface area contributed by atoms with Gasteiger partial charge in [0.2, 0.25) is 0 Å². The number of benzene rings is 1. The van der Waals surface area contributed by atoms with E-state index in [0.717, 1.165) is 30.5 Å². The summed E-state index contributed by atoms with van der Waals surface area (Å²) in [5, 5.41) is 2.64. The van der Waals surface area contributed by atoms with Gasteiger partial charge < -0.3 is 14.8 Å². The quantitative estimate of drug-likeness (QED) is 0.481. The van der Waals surface area contributed by atoms with Crippen molar-refractivity contribution in [2.75, 3.05) is 0 Å². The van der Waals surface area contributed by atoms with Crippen LogP contribution in [-0.4, -0.2) is 29.8 Å². The van der Waals surface area contributed by atoms with Crippen molar-refractivity contribution >= 4 is 12.1 Å². The van der Waals surface area contributed by atoms with E-state index in [9.17, 15) is 22.8 Å². The average Bonchev–Trinajstić information content (AvgIpc) is 2.72. The molecule has 1 saturated heterocycles. The molecule has 4 atom stereocenters. The van der Waals surface area contributed by atoms with Crippen molar-refractivity contribution in [3.8, 4) is 0 Å². The van der Waals surface area contributed by atoms with Gasteiger partial charge in [0, 0.05) is 0 Å². The molecule has 1 aromatic rings. The number of halogens is 3. The number of carbonyl (C=O) groups excluding carboxylic acids is 2. The summed E-state index contributed by atoms with van der Waals surface area (Å²) in [6, 6.07) is 4.50. The second kappa shape index (κ2) is 11.5. The van der Waals surface area contributed by atoms with Crippen LogP contribution < -0.4 is 5.32 Å². The van der Waals surface area contributed by atoms with Crippen LogP contribution in [0.25, 0.3) is 0 Å². The first kappa shape index (κ1) is 28.0. The van der Waals surface area contributed by atoms with Crippen LogP contribution >= 0.6 is 0 Å². The maximum Gasteiger partial charge on any atom is 0.416 e. The molecule has 0 aromatic heterocycles. The highest BCUT2D eigenvalue weighted by Crippen LogP contribution is 2.35. The molecular formula is C26H38F3NO4. The van der Waals surface area contributed by atoms with Crippen LogP contribution in [0.5, 0.6) is 0 Å². The molecule has 1 fully saturated rings. The number of carbonyl (C=O) groups is 2. The minimum atomic E-state index is -4.37. The number of cyclic esters (lactones) is 1. The molecule has 1 N–H and O–H groups in total. The third-order valence-electron chi connectivity index (χ3n) is 6.08. The van der Waals surface area contributed by atoms with Gasteiger partial charge in [0.05, 0.1) is 5.56 Å². The van der Waals surface area contributed by atoms with Gasteiger partial charge in [0.25, 0.3) is 0 Å². The Kier molecular flexibility index (Phi) is 9.43. The zero-order chi connectivity index (χ0) is 25.7. The van der Waals surface area contributed by atoms with Gasteiger partial charge >= 0.3 is 18.2 Å². The molecule has 0 unspecified atom stereocenters. The number of amides is 1. The second-order valence-corrected chi connectivity index (χ2v) is 10.7. The Morgan fingerprint density at radius 2 is 1.76 bits per heavy atom. The molecule has 1 heterocycles. The number of hydrogen-bond acceptors (Lipinski definition) is 4. The normalized spacial score (nSPS) is 24.6. The minimum Gasteiger partial charge on any atom is -0.461 e. The molecule has 1 aliphatic heterocycles. The molecule has 0 saturated carbocycles. The Bertz CT molecular complexity index is 815. The molecule has 0 aliphatic carbocycles. The van der Waals surface area contributed by atoms with E-state index < -0.39 is 41.5 Å². The predicted octanol–water partition coefficient (Wildman–Crippen LogP) is 6.54. The molecular weight excluding hydrogens is 447 g/mol. The van der Waals surface area contributed by atoms with Gasteiger partial charge in [-0.25, -0.2) is 9.59 Å². The molecule has 34 heavy (non-hydrogen) atoms. The van der Waals surface area contributed by atoms with Crippen LogP contribution in [0.1, 0.15) is 78.4 Å². The summed E-state index contributed by atoms with van der Waals surface area (Å²) >= 11 is 0. The number of nitrogens with one attached hydrogen (secondary N) is 1. The Labute approximate surface area is 200 Å². The maximum absolute atomic E-state index is 12.9. The first-order valence-electron chi connectivity index (χ1n) is 12.0. The molecule has 5 nitrogen and oxygen atoms in total. The monoisotopic (exact) mass is 485 g/mol. The van der Waals surface area contributed by atoms with Crippen molar-refractivity contribution in [3.05, 3.63) is 35.4 Å². The first-order valence-corrected chi connectivity index (χ1v) is 12.0. The van der Waals surface area contributed by atoms with Crippen molar-refractivity contribution in [1.29, 1.82) is 0 Å². The fourth-order valence-corrected chi connectivity index (χ4v) is 4.55. The topological polar surface area (TPSA) is 64.6 Å². The fraction of sp³-hybridized carbons (Fsp3) is 0.692. The predicted molar refractivity (Wildman–Crippen MR) is 124 cm³/mol. The maximum atomic E-state index is 12.9. The summed E-state index contributed by atoms with van der Waals surface area (Å²) in [5.41, 5.74) is -0.523. The van der Waals surface area contributed by atoms with Crippen LogP contribution in [0, 0.1) is 17.8 Å². The molecule has 1 amide bonds. The lowest BCUT2D eigenvalue weighted by Crippen LogP contribution is -2.45. The van der Waals surface area contributed by atoms with E-state index >= 15 is 0 Å². The Morgan fingerprint density at radius 1 is 1.15 bits per heavy atom. The SMILES string of the molecule is CC(C)C[C@@H]1[C@@H](Cc2ccc(C(F)(F)F)cc2)CCC[C@H](NC(=O)OC(C)(C)C)C(=O)O[C@H]1C. The van der Waals surface area contributed by atoms with Crippen molar-refractivity contribution < 1.29 is 32.2 Å². The van der Waals surface area contributed by atoms with Crippen molar-refractivity contribution in [2.45, 2.75) is 97.6 Å². The fourth-order valence-electron chi connectivity index (χ4n) is 4.55. The zero-order valence-electron chi connectivity index (χ0n) is 21.0. The number of alkyl carbamates (subject to hydrolysis) is 1. The highest BCUT2D eigenvalue weighted by atomic mass is 19.4.